The van der Waals surface area contributed by atoms with Crippen molar-refractivity contribution >= 4 is 5.91 Å². The highest BCUT2D eigenvalue weighted by molar-refractivity contribution is 5.81. The van der Waals surface area contributed by atoms with Crippen molar-refractivity contribution in [3.05, 3.63) is 0 Å². The molecule has 1 amide bonds. The van der Waals surface area contributed by atoms with Crippen LogP contribution in [0.3, 0.4) is 0 Å². The molecule has 0 bridgehead atoms. The number of rotatable bonds is 9. The van der Waals surface area contributed by atoms with Gasteiger partial charge < -0.3 is 15.7 Å². The van der Waals surface area contributed by atoms with Gasteiger partial charge in [0.25, 0.3) is 0 Å². The Bertz CT molecular complexity index is 184. The number of aliphatic hydroxyl groups excluding tert-OH is 1. The minimum Gasteiger partial charge on any atom is -0.396 e. The van der Waals surface area contributed by atoms with Crippen molar-refractivity contribution in [1.82, 2.24) is 10.6 Å². The first kappa shape index (κ1) is 15.4. The van der Waals surface area contributed by atoms with Crippen molar-refractivity contribution in [2.75, 3.05) is 13.2 Å². The lowest BCUT2D eigenvalue weighted by Gasteiger charge is -2.15. The zero-order valence-corrected chi connectivity index (χ0v) is 10.8. The monoisotopic (exact) mass is 230 g/mol. The topological polar surface area (TPSA) is 61.4 Å². The third kappa shape index (κ3) is 8.68. The highest BCUT2D eigenvalue weighted by Crippen LogP contribution is 1.98. The lowest BCUT2D eigenvalue weighted by atomic mass is 10.2. The number of hydrogen-bond donors (Lipinski definition) is 3. The van der Waals surface area contributed by atoms with Gasteiger partial charge in [0, 0.05) is 12.6 Å². The van der Waals surface area contributed by atoms with E-state index in [0.29, 0.717) is 0 Å². The summed E-state index contributed by atoms with van der Waals surface area (Å²) < 4.78 is 0. The van der Waals surface area contributed by atoms with Gasteiger partial charge in [0.15, 0.2) is 0 Å². The van der Waals surface area contributed by atoms with Crippen molar-refractivity contribution in [3.63, 3.8) is 0 Å². The van der Waals surface area contributed by atoms with Crippen LogP contribution in [0, 0.1) is 0 Å². The fourth-order valence-electron chi connectivity index (χ4n) is 1.41. The molecule has 0 aliphatic rings. The molecule has 4 nitrogen and oxygen atoms in total. The molecular formula is C12H26N2O2. The Hall–Kier alpha value is -0.610. The summed E-state index contributed by atoms with van der Waals surface area (Å²) in [5.74, 6) is 0.0605. The third-order valence-corrected chi connectivity index (χ3v) is 2.36. The molecule has 0 aromatic carbocycles. The van der Waals surface area contributed by atoms with E-state index in [-0.39, 0.29) is 24.6 Å². The molecule has 1 atom stereocenters. The fraction of sp³-hybridized carbons (Fsp3) is 0.917. The standard InChI is InChI=1S/C12H26N2O2/c1-10(2)14-12(16)11(3)13-8-6-4-5-7-9-15/h10-11,13,15H,4-9H2,1-3H3,(H,14,16). The second-order valence-electron chi connectivity index (χ2n) is 4.48. The summed E-state index contributed by atoms with van der Waals surface area (Å²) in [6, 6.07) is 0.0709. The first-order valence-corrected chi connectivity index (χ1v) is 6.22. The summed E-state index contributed by atoms with van der Waals surface area (Å²) in [6.07, 6.45) is 4.10. The lowest BCUT2D eigenvalue weighted by Crippen LogP contribution is -2.44. The Balaban J connectivity index is 3.42. The van der Waals surface area contributed by atoms with Gasteiger partial charge in [0.1, 0.15) is 0 Å². The number of carbonyl (C=O) groups excluding carboxylic acids is 1. The SMILES string of the molecule is CC(C)NC(=O)C(C)NCCCCCCO. The Morgan fingerprint density at radius 3 is 2.31 bits per heavy atom. The molecule has 0 saturated carbocycles. The first-order valence-electron chi connectivity index (χ1n) is 6.22. The maximum absolute atomic E-state index is 11.5. The van der Waals surface area contributed by atoms with Crippen molar-refractivity contribution in [1.29, 1.82) is 0 Å². The van der Waals surface area contributed by atoms with Crippen molar-refractivity contribution in [2.24, 2.45) is 0 Å². The molecular weight excluding hydrogens is 204 g/mol. The number of amides is 1. The average Bonchev–Trinajstić information content (AvgIpc) is 2.21. The van der Waals surface area contributed by atoms with Gasteiger partial charge in [-0.2, -0.15) is 0 Å². The van der Waals surface area contributed by atoms with Gasteiger partial charge >= 0.3 is 0 Å². The number of carbonyl (C=O) groups is 1. The van der Waals surface area contributed by atoms with E-state index in [2.05, 4.69) is 10.6 Å². The van der Waals surface area contributed by atoms with Crippen LogP contribution in [0.15, 0.2) is 0 Å². The van der Waals surface area contributed by atoms with Gasteiger partial charge in [-0.25, -0.2) is 0 Å². The smallest absolute Gasteiger partial charge is 0.237 e. The van der Waals surface area contributed by atoms with Crippen LogP contribution >= 0.6 is 0 Å². The summed E-state index contributed by atoms with van der Waals surface area (Å²) >= 11 is 0. The molecule has 0 spiro atoms. The number of aliphatic hydroxyl groups is 1. The largest absolute Gasteiger partial charge is 0.396 e. The molecule has 0 heterocycles. The van der Waals surface area contributed by atoms with E-state index in [1.54, 1.807) is 0 Å². The minimum absolute atomic E-state index is 0.0605. The number of unbranched alkanes of at least 4 members (excludes halogenated alkanes) is 3. The quantitative estimate of drug-likeness (QED) is 0.519. The van der Waals surface area contributed by atoms with Gasteiger partial charge in [-0.05, 0) is 40.2 Å². The molecule has 1 unspecified atom stereocenters. The van der Waals surface area contributed by atoms with Crippen molar-refractivity contribution in [2.45, 2.75) is 58.5 Å². The second kappa shape index (κ2) is 9.60. The molecule has 16 heavy (non-hydrogen) atoms. The Morgan fingerprint density at radius 1 is 1.12 bits per heavy atom. The molecule has 3 N–H and O–H groups in total. The van der Waals surface area contributed by atoms with Gasteiger partial charge in [-0.15, -0.1) is 0 Å². The predicted octanol–water partition coefficient (Wildman–Crippen LogP) is 1.04. The lowest BCUT2D eigenvalue weighted by molar-refractivity contribution is -0.123. The van der Waals surface area contributed by atoms with E-state index in [1.165, 1.54) is 0 Å². The maximum atomic E-state index is 11.5. The van der Waals surface area contributed by atoms with Crippen LogP contribution in [0.5, 0.6) is 0 Å². The third-order valence-electron chi connectivity index (χ3n) is 2.36. The minimum atomic E-state index is -0.125. The molecule has 0 aromatic rings. The van der Waals surface area contributed by atoms with E-state index in [4.69, 9.17) is 5.11 Å². The summed E-state index contributed by atoms with van der Waals surface area (Å²) in [5, 5.41) is 14.7. The van der Waals surface area contributed by atoms with Crippen molar-refractivity contribution in [3.8, 4) is 0 Å². The van der Waals surface area contributed by atoms with Crippen LogP contribution in [0.1, 0.15) is 46.5 Å². The van der Waals surface area contributed by atoms with E-state index >= 15 is 0 Å². The molecule has 0 aromatic heterocycles. The van der Waals surface area contributed by atoms with Crippen LogP contribution in [0.4, 0.5) is 0 Å². The van der Waals surface area contributed by atoms with Gasteiger partial charge in [-0.3, -0.25) is 4.79 Å². The van der Waals surface area contributed by atoms with Crippen LogP contribution in [-0.4, -0.2) is 36.2 Å². The zero-order valence-electron chi connectivity index (χ0n) is 10.8. The molecule has 0 saturated heterocycles. The van der Waals surface area contributed by atoms with Gasteiger partial charge in [0.05, 0.1) is 6.04 Å². The molecule has 0 rings (SSSR count). The van der Waals surface area contributed by atoms with E-state index in [0.717, 1.165) is 32.2 Å². The summed E-state index contributed by atoms with van der Waals surface area (Å²) in [4.78, 5) is 11.5. The van der Waals surface area contributed by atoms with Crippen LogP contribution in [-0.2, 0) is 4.79 Å². The van der Waals surface area contributed by atoms with E-state index in [1.807, 2.05) is 20.8 Å². The Labute approximate surface area is 98.8 Å². The molecule has 0 fully saturated rings. The summed E-state index contributed by atoms with van der Waals surface area (Å²) in [7, 11) is 0. The molecule has 0 aliphatic heterocycles. The fourth-order valence-corrected chi connectivity index (χ4v) is 1.41. The van der Waals surface area contributed by atoms with E-state index in [9.17, 15) is 4.79 Å². The zero-order chi connectivity index (χ0) is 12.4. The number of hydrogen-bond acceptors (Lipinski definition) is 3. The van der Waals surface area contributed by atoms with Crippen molar-refractivity contribution < 1.29 is 9.90 Å². The first-order chi connectivity index (χ1) is 7.57. The molecule has 4 heteroatoms. The second-order valence-corrected chi connectivity index (χ2v) is 4.48. The Morgan fingerprint density at radius 2 is 1.75 bits per heavy atom. The van der Waals surface area contributed by atoms with Crippen LogP contribution in [0.2, 0.25) is 0 Å². The van der Waals surface area contributed by atoms with E-state index < -0.39 is 0 Å². The summed E-state index contributed by atoms with van der Waals surface area (Å²) in [5.41, 5.74) is 0. The highest BCUT2D eigenvalue weighted by Gasteiger charge is 2.11. The maximum Gasteiger partial charge on any atom is 0.237 e. The predicted molar refractivity (Wildman–Crippen MR) is 66.3 cm³/mol. The Kier molecular flexibility index (Phi) is 9.24. The highest BCUT2D eigenvalue weighted by atomic mass is 16.2. The molecule has 0 radical (unpaired) electrons. The van der Waals surface area contributed by atoms with Crippen LogP contribution in [0.25, 0.3) is 0 Å². The number of nitrogens with one attached hydrogen (secondary N) is 2. The molecule has 0 aliphatic carbocycles. The normalized spacial score (nSPS) is 12.8. The van der Waals surface area contributed by atoms with Gasteiger partial charge in [0.2, 0.25) is 5.91 Å². The average molecular weight is 230 g/mol. The van der Waals surface area contributed by atoms with Crippen LogP contribution < -0.4 is 10.6 Å². The van der Waals surface area contributed by atoms with Gasteiger partial charge in [-0.1, -0.05) is 12.8 Å². The molecule has 96 valence electrons. The summed E-state index contributed by atoms with van der Waals surface area (Å²) in [6.45, 7) is 6.93.